The summed E-state index contributed by atoms with van der Waals surface area (Å²) in [5, 5.41) is 0. The van der Waals surface area contributed by atoms with Crippen LogP contribution in [0.4, 0.5) is 0 Å². The highest BCUT2D eigenvalue weighted by Gasteiger charge is 2.23. The number of rotatable bonds is 5. The van der Waals surface area contributed by atoms with Gasteiger partial charge in [-0.2, -0.15) is 0 Å². The van der Waals surface area contributed by atoms with Crippen LogP contribution in [0.25, 0.3) is 16.2 Å². The lowest BCUT2D eigenvalue weighted by molar-refractivity contribution is 0.0514. The van der Waals surface area contributed by atoms with Crippen LogP contribution >= 0.6 is 23.1 Å². The van der Waals surface area contributed by atoms with E-state index in [1.165, 1.54) is 11.3 Å². The molecule has 0 aliphatic rings. The Labute approximate surface area is 159 Å². The van der Waals surface area contributed by atoms with E-state index in [1.807, 2.05) is 78.2 Å². The standard InChI is InChI=1S/C20H16N2O2S2/c1-2-24-18(23)17-19(25-15-11-7-4-8-12-15)26-20-21-16(13-22(17)20)14-9-5-3-6-10-14/h3-13H,2H2,1H3. The van der Waals surface area contributed by atoms with E-state index in [2.05, 4.69) is 0 Å². The van der Waals surface area contributed by atoms with Crippen LogP contribution in [0.1, 0.15) is 17.4 Å². The minimum Gasteiger partial charge on any atom is -0.461 e. The summed E-state index contributed by atoms with van der Waals surface area (Å²) in [7, 11) is 0. The number of hydrogen-bond donors (Lipinski definition) is 0. The van der Waals surface area contributed by atoms with Gasteiger partial charge in [-0.15, -0.1) is 0 Å². The maximum Gasteiger partial charge on any atom is 0.357 e. The van der Waals surface area contributed by atoms with E-state index in [0.717, 1.165) is 25.3 Å². The summed E-state index contributed by atoms with van der Waals surface area (Å²) in [5.74, 6) is -0.325. The number of hydrogen-bond acceptors (Lipinski definition) is 5. The smallest absolute Gasteiger partial charge is 0.357 e. The molecule has 4 nitrogen and oxygen atoms in total. The van der Waals surface area contributed by atoms with Crippen LogP contribution in [0.3, 0.4) is 0 Å². The summed E-state index contributed by atoms with van der Waals surface area (Å²) < 4.78 is 8.02. The lowest BCUT2D eigenvalue weighted by Gasteiger charge is -2.04. The van der Waals surface area contributed by atoms with Gasteiger partial charge in [-0.3, -0.25) is 4.40 Å². The molecular weight excluding hydrogens is 364 g/mol. The number of esters is 1. The minimum absolute atomic E-state index is 0.325. The van der Waals surface area contributed by atoms with Gasteiger partial charge in [0.2, 0.25) is 0 Å². The molecule has 26 heavy (non-hydrogen) atoms. The zero-order chi connectivity index (χ0) is 17.9. The highest BCUT2D eigenvalue weighted by Crippen LogP contribution is 2.38. The molecule has 0 N–H and O–H groups in total. The Morgan fingerprint density at radius 2 is 1.81 bits per heavy atom. The fourth-order valence-electron chi connectivity index (χ4n) is 2.62. The lowest BCUT2D eigenvalue weighted by atomic mass is 10.2. The van der Waals surface area contributed by atoms with Gasteiger partial charge in [0.25, 0.3) is 0 Å². The number of ether oxygens (including phenoxy) is 1. The maximum atomic E-state index is 12.6. The first-order valence-electron chi connectivity index (χ1n) is 8.23. The second-order valence-corrected chi connectivity index (χ2v) is 7.84. The Kier molecular flexibility index (Phi) is 4.77. The molecule has 0 bridgehead atoms. The molecule has 2 heterocycles. The number of nitrogens with zero attached hydrogens (tertiary/aromatic N) is 2. The molecule has 0 atom stereocenters. The Morgan fingerprint density at radius 3 is 2.50 bits per heavy atom. The van der Waals surface area contributed by atoms with Gasteiger partial charge in [-0.05, 0) is 19.1 Å². The van der Waals surface area contributed by atoms with E-state index in [4.69, 9.17) is 9.72 Å². The second-order valence-electron chi connectivity index (χ2n) is 5.52. The van der Waals surface area contributed by atoms with Crippen molar-refractivity contribution < 1.29 is 9.53 Å². The molecule has 0 aliphatic heterocycles. The second kappa shape index (κ2) is 7.35. The average molecular weight is 380 g/mol. The monoisotopic (exact) mass is 380 g/mol. The molecule has 2 aromatic carbocycles. The highest BCUT2D eigenvalue weighted by molar-refractivity contribution is 8.01. The molecule has 4 aromatic rings. The van der Waals surface area contributed by atoms with Crippen LogP contribution in [-0.2, 0) is 4.74 Å². The van der Waals surface area contributed by atoms with E-state index in [9.17, 15) is 4.79 Å². The van der Waals surface area contributed by atoms with Crippen LogP contribution in [-0.4, -0.2) is 22.0 Å². The number of imidazole rings is 1. The van der Waals surface area contributed by atoms with Gasteiger partial charge in [-0.1, -0.05) is 71.6 Å². The first-order chi connectivity index (χ1) is 12.8. The van der Waals surface area contributed by atoms with Crippen LogP contribution in [0.15, 0.2) is 76.0 Å². The van der Waals surface area contributed by atoms with Crippen molar-refractivity contribution in [1.29, 1.82) is 0 Å². The zero-order valence-corrected chi connectivity index (χ0v) is 15.7. The van der Waals surface area contributed by atoms with Crippen molar-refractivity contribution >= 4 is 34.0 Å². The molecule has 6 heteroatoms. The first kappa shape index (κ1) is 16.9. The van der Waals surface area contributed by atoms with E-state index >= 15 is 0 Å². The number of thiazole rings is 1. The lowest BCUT2D eigenvalue weighted by Crippen LogP contribution is -2.08. The third-order valence-corrected chi connectivity index (χ3v) is 6.02. The SMILES string of the molecule is CCOC(=O)c1c(Sc2ccccc2)sc2nc(-c3ccccc3)cn12. The van der Waals surface area contributed by atoms with Crippen molar-refractivity contribution in [3.63, 3.8) is 0 Å². The number of carbonyl (C=O) groups is 1. The topological polar surface area (TPSA) is 43.6 Å². The molecular formula is C20H16N2O2S2. The minimum atomic E-state index is -0.325. The molecule has 0 saturated carbocycles. The first-order valence-corrected chi connectivity index (χ1v) is 9.87. The molecule has 0 aliphatic carbocycles. The predicted octanol–water partition coefficient (Wildman–Crippen LogP) is 5.39. The third-order valence-electron chi connectivity index (χ3n) is 3.78. The van der Waals surface area contributed by atoms with Crippen molar-refractivity contribution in [3.05, 3.63) is 72.6 Å². The van der Waals surface area contributed by atoms with E-state index in [-0.39, 0.29) is 5.97 Å². The summed E-state index contributed by atoms with van der Waals surface area (Å²) in [5.41, 5.74) is 2.41. The summed E-state index contributed by atoms with van der Waals surface area (Å²) in [6, 6.07) is 19.9. The fourth-order valence-corrected chi connectivity index (χ4v) is 4.91. The Balaban J connectivity index is 1.80. The average Bonchev–Trinajstić information content (AvgIpc) is 3.21. The molecule has 0 spiro atoms. The van der Waals surface area contributed by atoms with Gasteiger partial charge in [-0.25, -0.2) is 9.78 Å². The summed E-state index contributed by atoms with van der Waals surface area (Å²) in [6.07, 6.45) is 1.91. The summed E-state index contributed by atoms with van der Waals surface area (Å²) >= 11 is 3.06. The van der Waals surface area contributed by atoms with Crippen molar-refractivity contribution in [2.75, 3.05) is 6.61 Å². The zero-order valence-electron chi connectivity index (χ0n) is 14.1. The number of fused-ring (bicyclic) bond motifs is 1. The number of carbonyl (C=O) groups excluding carboxylic acids is 1. The van der Waals surface area contributed by atoms with E-state index in [1.54, 1.807) is 11.8 Å². The Bertz CT molecular complexity index is 1040. The van der Waals surface area contributed by atoms with Crippen molar-refractivity contribution in [2.45, 2.75) is 16.0 Å². The Morgan fingerprint density at radius 1 is 1.12 bits per heavy atom. The van der Waals surface area contributed by atoms with Crippen LogP contribution in [0.2, 0.25) is 0 Å². The van der Waals surface area contributed by atoms with Crippen LogP contribution in [0, 0.1) is 0 Å². The third kappa shape index (κ3) is 3.25. The molecule has 2 aromatic heterocycles. The van der Waals surface area contributed by atoms with Crippen LogP contribution < -0.4 is 0 Å². The molecule has 0 fully saturated rings. The molecule has 0 radical (unpaired) electrons. The highest BCUT2D eigenvalue weighted by atomic mass is 32.2. The van der Waals surface area contributed by atoms with E-state index < -0.39 is 0 Å². The molecule has 0 saturated heterocycles. The molecule has 4 rings (SSSR count). The van der Waals surface area contributed by atoms with Crippen molar-refractivity contribution in [2.24, 2.45) is 0 Å². The van der Waals surface area contributed by atoms with Gasteiger partial charge in [0.1, 0.15) is 0 Å². The number of benzene rings is 2. The molecule has 0 unspecified atom stereocenters. The van der Waals surface area contributed by atoms with Gasteiger partial charge >= 0.3 is 5.97 Å². The van der Waals surface area contributed by atoms with Crippen molar-refractivity contribution in [1.82, 2.24) is 9.38 Å². The summed E-state index contributed by atoms with van der Waals surface area (Å²) in [6.45, 7) is 2.15. The van der Waals surface area contributed by atoms with Crippen LogP contribution in [0.5, 0.6) is 0 Å². The largest absolute Gasteiger partial charge is 0.461 e. The van der Waals surface area contributed by atoms with Crippen molar-refractivity contribution in [3.8, 4) is 11.3 Å². The number of aromatic nitrogens is 2. The molecule has 0 amide bonds. The summed E-state index contributed by atoms with van der Waals surface area (Å²) in [4.78, 5) is 19.2. The van der Waals surface area contributed by atoms with Gasteiger partial charge in [0.05, 0.1) is 16.5 Å². The van der Waals surface area contributed by atoms with Gasteiger partial charge < -0.3 is 4.74 Å². The molecule has 130 valence electrons. The van der Waals surface area contributed by atoms with E-state index in [0.29, 0.717) is 12.3 Å². The quantitative estimate of drug-likeness (QED) is 0.435. The van der Waals surface area contributed by atoms with Gasteiger partial charge in [0, 0.05) is 16.7 Å². The predicted molar refractivity (Wildman–Crippen MR) is 105 cm³/mol. The normalized spacial score (nSPS) is 11.0. The Hall–Kier alpha value is -2.57. The maximum absolute atomic E-state index is 12.6. The fraction of sp³-hybridized carbons (Fsp3) is 0.100. The van der Waals surface area contributed by atoms with Gasteiger partial charge in [0.15, 0.2) is 10.7 Å².